The minimum absolute atomic E-state index is 0.0539. The van der Waals surface area contributed by atoms with Gasteiger partial charge in [0.25, 0.3) is 0 Å². The summed E-state index contributed by atoms with van der Waals surface area (Å²) in [6.45, 7) is 4.66. The molecule has 4 nitrogen and oxygen atoms in total. The van der Waals surface area contributed by atoms with E-state index in [0.717, 1.165) is 12.0 Å². The molecule has 2 aromatic heterocycles. The van der Waals surface area contributed by atoms with Crippen molar-refractivity contribution in [2.75, 3.05) is 0 Å². The second kappa shape index (κ2) is 4.91. The smallest absolute Gasteiger partial charge is 0.229 e. The normalized spacial score (nSPS) is 10.5. The van der Waals surface area contributed by atoms with Gasteiger partial charge in [0.05, 0.1) is 0 Å². The predicted octanol–water partition coefficient (Wildman–Crippen LogP) is 2.09. The summed E-state index contributed by atoms with van der Waals surface area (Å²) in [5.41, 5.74) is 2.10. The molecule has 4 heteroatoms. The molecule has 0 aliphatic rings. The first-order valence-corrected chi connectivity index (χ1v) is 5.78. The Morgan fingerprint density at radius 1 is 1.29 bits per heavy atom. The van der Waals surface area contributed by atoms with Gasteiger partial charge in [0.15, 0.2) is 0 Å². The molecule has 0 radical (unpaired) electrons. The maximum Gasteiger partial charge on any atom is 0.229 e. The average molecular weight is 229 g/mol. The van der Waals surface area contributed by atoms with E-state index in [1.165, 1.54) is 0 Å². The van der Waals surface area contributed by atoms with Crippen molar-refractivity contribution in [1.82, 2.24) is 14.8 Å². The van der Waals surface area contributed by atoms with E-state index in [4.69, 9.17) is 0 Å². The summed E-state index contributed by atoms with van der Waals surface area (Å²) in [6.07, 6.45) is 4.10. The standard InChI is InChI=1S/C13H15N3O/c1-3-10-6-5-8-14-12(10)13(17)11-7-9-15-16(11)4-2/h5-9H,3-4H2,1-2H3. The third-order valence-electron chi connectivity index (χ3n) is 2.74. The second-order valence-electron chi connectivity index (χ2n) is 3.73. The molecule has 0 aliphatic carbocycles. The molecule has 0 spiro atoms. The Kier molecular flexibility index (Phi) is 3.32. The first kappa shape index (κ1) is 11.5. The van der Waals surface area contributed by atoms with Crippen LogP contribution in [0.5, 0.6) is 0 Å². The van der Waals surface area contributed by atoms with Crippen LogP contribution in [-0.4, -0.2) is 20.5 Å². The van der Waals surface area contributed by atoms with Gasteiger partial charge in [-0.2, -0.15) is 5.10 Å². The number of pyridine rings is 1. The van der Waals surface area contributed by atoms with E-state index in [0.29, 0.717) is 17.9 Å². The molecule has 0 bridgehead atoms. The zero-order valence-electron chi connectivity index (χ0n) is 10.1. The molecule has 0 saturated carbocycles. The quantitative estimate of drug-likeness (QED) is 0.754. The molecule has 88 valence electrons. The highest BCUT2D eigenvalue weighted by Crippen LogP contribution is 2.12. The maximum absolute atomic E-state index is 12.3. The zero-order chi connectivity index (χ0) is 12.3. The fraction of sp³-hybridized carbons (Fsp3) is 0.308. The van der Waals surface area contributed by atoms with Crippen molar-refractivity contribution in [2.45, 2.75) is 26.8 Å². The summed E-state index contributed by atoms with van der Waals surface area (Å²) in [5.74, 6) is -0.0539. The third kappa shape index (κ3) is 2.11. The molecule has 0 fully saturated rings. The lowest BCUT2D eigenvalue weighted by molar-refractivity contribution is 0.102. The minimum Gasteiger partial charge on any atom is -0.285 e. The van der Waals surface area contributed by atoms with Crippen molar-refractivity contribution in [3.63, 3.8) is 0 Å². The van der Waals surface area contributed by atoms with E-state index in [1.807, 2.05) is 26.0 Å². The number of rotatable bonds is 4. The molecule has 0 atom stereocenters. The van der Waals surface area contributed by atoms with E-state index in [-0.39, 0.29) is 5.78 Å². The average Bonchev–Trinajstić information content (AvgIpc) is 2.86. The molecule has 17 heavy (non-hydrogen) atoms. The van der Waals surface area contributed by atoms with Crippen molar-refractivity contribution in [2.24, 2.45) is 0 Å². The van der Waals surface area contributed by atoms with E-state index in [2.05, 4.69) is 10.1 Å². The van der Waals surface area contributed by atoms with Crippen molar-refractivity contribution >= 4 is 5.78 Å². The summed E-state index contributed by atoms with van der Waals surface area (Å²) in [6, 6.07) is 5.53. The molecule has 0 saturated heterocycles. The Balaban J connectivity index is 2.44. The van der Waals surface area contributed by atoms with Crippen LogP contribution in [0.25, 0.3) is 0 Å². The lowest BCUT2D eigenvalue weighted by Gasteiger charge is -2.06. The fourth-order valence-electron chi connectivity index (χ4n) is 1.83. The van der Waals surface area contributed by atoms with E-state index in [1.54, 1.807) is 23.1 Å². The van der Waals surface area contributed by atoms with Gasteiger partial charge in [0.2, 0.25) is 5.78 Å². The van der Waals surface area contributed by atoms with Crippen LogP contribution in [-0.2, 0) is 13.0 Å². The third-order valence-corrected chi connectivity index (χ3v) is 2.74. The van der Waals surface area contributed by atoms with Gasteiger partial charge in [-0.3, -0.25) is 14.5 Å². The first-order valence-electron chi connectivity index (χ1n) is 5.78. The highest BCUT2D eigenvalue weighted by molar-refractivity contribution is 6.07. The number of nitrogens with zero attached hydrogens (tertiary/aromatic N) is 3. The molecular weight excluding hydrogens is 214 g/mol. The van der Waals surface area contributed by atoms with Crippen LogP contribution in [0.1, 0.15) is 35.6 Å². The number of hydrogen-bond donors (Lipinski definition) is 0. The van der Waals surface area contributed by atoms with Crippen LogP contribution in [0, 0.1) is 0 Å². The van der Waals surface area contributed by atoms with Gasteiger partial charge >= 0.3 is 0 Å². The van der Waals surface area contributed by atoms with Crippen LogP contribution in [0.4, 0.5) is 0 Å². The number of carbonyl (C=O) groups is 1. The van der Waals surface area contributed by atoms with Crippen LogP contribution in [0.2, 0.25) is 0 Å². The Hall–Kier alpha value is -1.97. The number of aromatic nitrogens is 3. The van der Waals surface area contributed by atoms with Crippen LogP contribution in [0.15, 0.2) is 30.6 Å². The molecular formula is C13H15N3O. The largest absolute Gasteiger partial charge is 0.285 e. The van der Waals surface area contributed by atoms with Crippen molar-refractivity contribution in [3.8, 4) is 0 Å². The van der Waals surface area contributed by atoms with Crippen LogP contribution in [0.3, 0.4) is 0 Å². The Labute approximate surface area is 100 Å². The minimum atomic E-state index is -0.0539. The molecule has 0 unspecified atom stereocenters. The molecule has 2 aromatic rings. The Morgan fingerprint density at radius 2 is 2.12 bits per heavy atom. The number of hydrogen-bond acceptors (Lipinski definition) is 3. The molecule has 2 rings (SSSR count). The van der Waals surface area contributed by atoms with Gasteiger partial charge in [-0.15, -0.1) is 0 Å². The van der Waals surface area contributed by atoms with E-state index < -0.39 is 0 Å². The van der Waals surface area contributed by atoms with Crippen molar-refractivity contribution in [3.05, 3.63) is 47.5 Å². The molecule has 0 amide bonds. The number of ketones is 1. The van der Waals surface area contributed by atoms with Gasteiger partial charge in [-0.1, -0.05) is 13.0 Å². The predicted molar refractivity (Wildman–Crippen MR) is 64.9 cm³/mol. The second-order valence-corrected chi connectivity index (χ2v) is 3.73. The van der Waals surface area contributed by atoms with E-state index >= 15 is 0 Å². The molecule has 2 heterocycles. The topological polar surface area (TPSA) is 47.8 Å². The summed E-state index contributed by atoms with van der Waals surface area (Å²) < 4.78 is 1.69. The van der Waals surface area contributed by atoms with Crippen LogP contribution < -0.4 is 0 Å². The monoisotopic (exact) mass is 229 g/mol. The molecule has 0 aromatic carbocycles. The van der Waals surface area contributed by atoms with Gasteiger partial charge in [-0.05, 0) is 31.0 Å². The number of carbonyl (C=O) groups excluding carboxylic acids is 1. The summed E-state index contributed by atoms with van der Waals surface area (Å²) >= 11 is 0. The van der Waals surface area contributed by atoms with Crippen LogP contribution >= 0.6 is 0 Å². The highest BCUT2D eigenvalue weighted by atomic mass is 16.1. The highest BCUT2D eigenvalue weighted by Gasteiger charge is 2.17. The lowest BCUT2D eigenvalue weighted by atomic mass is 10.1. The Morgan fingerprint density at radius 3 is 2.82 bits per heavy atom. The number of aryl methyl sites for hydroxylation is 2. The maximum atomic E-state index is 12.3. The SMILES string of the molecule is CCc1cccnc1C(=O)c1ccnn1CC. The Bertz CT molecular complexity index is 531. The van der Waals surface area contributed by atoms with Crippen molar-refractivity contribution < 1.29 is 4.79 Å². The van der Waals surface area contributed by atoms with Gasteiger partial charge in [0, 0.05) is 18.9 Å². The summed E-state index contributed by atoms with van der Waals surface area (Å²) in [7, 11) is 0. The van der Waals surface area contributed by atoms with Gasteiger partial charge < -0.3 is 0 Å². The summed E-state index contributed by atoms with van der Waals surface area (Å²) in [4.78, 5) is 16.5. The zero-order valence-corrected chi connectivity index (χ0v) is 10.1. The fourth-order valence-corrected chi connectivity index (χ4v) is 1.83. The lowest BCUT2D eigenvalue weighted by Crippen LogP contribution is -2.13. The molecule has 0 aliphatic heterocycles. The summed E-state index contributed by atoms with van der Waals surface area (Å²) in [5, 5.41) is 4.10. The van der Waals surface area contributed by atoms with Gasteiger partial charge in [0.1, 0.15) is 11.4 Å². The van der Waals surface area contributed by atoms with Gasteiger partial charge in [-0.25, -0.2) is 0 Å². The molecule has 0 N–H and O–H groups in total. The van der Waals surface area contributed by atoms with Crippen molar-refractivity contribution in [1.29, 1.82) is 0 Å². The van der Waals surface area contributed by atoms with E-state index in [9.17, 15) is 4.79 Å². The first-order chi connectivity index (χ1) is 8.27.